The van der Waals surface area contributed by atoms with Crippen LogP contribution in [0.4, 0.5) is 0 Å². The van der Waals surface area contributed by atoms with Gasteiger partial charge in [0, 0.05) is 18.3 Å². The number of ketones is 1. The summed E-state index contributed by atoms with van der Waals surface area (Å²) in [5, 5.41) is 0. The average molecular weight is 314 g/mol. The molecule has 1 heterocycles. The van der Waals surface area contributed by atoms with Crippen LogP contribution in [0.15, 0.2) is 0 Å². The number of rotatable bonds is 2. The summed E-state index contributed by atoms with van der Waals surface area (Å²) in [4.78, 5) is 24.0. The fourth-order valence-corrected chi connectivity index (χ4v) is 3.01. The van der Waals surface area contributed by atoms with Gasteiger partial charge in [0.15, 0.2) is 5.78 Å². The molecule has 1 aromatic rings. The van der Waals surface area contributed by atoms with Gasteiger partial charge < -0.3 is 9.30 Å². The summed E-state index contributed by atoms with van der Waals surface area (Å²) in [7, 11) is 1.82. The van der Waals surface area contributed by atoms with Crippen molar-refractivity contribution in [2.75, 3.05) is 6.61 Å². The third kappa shape index (κ3) is 1.90. The lowest BCUT2D eigenvalue weighted by Gasteiger charge is -2.17. The van der Waals surface area contributed by atoms with Gasteiger partial charge >= 0.3 is 5.97 Å². The topological polar surface area (TPSA) is 48.3 Å². The maximum atomic E-state index is 12.2. The largest absolute Gasteiger partial charge is 0.461 e. The Morgan fingerprint density at radius 3 is 2.83 bits per heavy atom. The van der Waals surface area contributed by atoms with Crippen LogP contribution < -0.4 is 0 Å². The maximum absolute atomic E-state index is 12.2. The van der Waals surface area contributed by atoms with Crippen LogP contribution in [0.1, 0.15) is 45.4 Å². The van der Waals surface area contributed by atoms with Crippen LogP contribution >= 0.6 is 15.9 Å². The van der Waals surface area contributed by atoms with E-state index < -0.39 is 0 Å². The molecule has 98 valence electrons. The number of alkyl halides is 1. The molecule has 0 aromatic carbocycles. The van der Waals surface area contributed by atoms with Crippen molar-refractivity contribution in [3.63, 3.8) is 0 Å². The number of hydrogen-bond donors (Lipinski definition) is 0. The second-order valence-electron chi connectivity index (χ2n) is 4.45. The Morgan fingerprint density at radius 1 is 1.56 bits per heavy atom. The van der Waals surface area contributed by atoms with E-state index in [4.69, 9.17) is 4.74 Å². The maximum Gasteiger partial charge on any atom is 0.355 e. The van der Waals surface area contributed by atoms with Crippen molar-refractivity contribution in [3.8, 4) is 0 Å². The van der Waals surface area contributed by atoms with Crippen molar-refractivity contribution >= 4 is 27.7 Å². The molecule has 0 bridgehead atoms. The summed E-state index contributed by atoms with van der Waals surface area (Å²) in [6.07, 6.45) is 1.57. The third-order valence-corrected chi connectivity index (χ3v) is 4.27. The van der Waals surface area contributed by atoms with Gasteiger partial charge in [0.2, 0.25) is 0 Å². The highest BCUT2D eigenvalue weighted by Crippen LogP contribution is 2.31. The Hall–Kier alpha value is -1.10. The molecule has 0 saturated heterocycles. The van der Waals surface area contributed by atoms with Crippen LogP contribution in [-0.4, -0.2) is 27.8 Å². The summed E-state index contributed by atoms with van der Waals surface area (Å²) in [5.41, 5.74) is 2.86. The van der Waals surface area contributed by atoms with E-state index in [-0.39, 0.29) is 16.6 Å². The Morgan fingerprint density at radius 2 is 2.22 bits per heavy atom. The van der Waals surface area contributed by atoms with Crippen molar-refractivity contribution in [2.45, 2.75) is 31.5 Å². The predicted molar refractivity (Wildman–Crippen MR) is 71.5 cm³/mol. The zero-order chi connectivity index (χ0) is 13.4. The molecule has 1 unspecified atom stereocenters. The SMILES string of the molecule is CCOC(=O)c1c(C)c2c(n1C)CCC(Br)C2=O. The molecule has 18 heavy (non-hydrogen) atoms. The lowest BCUT2D eigenvalue weighted by Crippen LogP contribution is -2.23. The number of nitrogens with zero attached hydrogens (tertiary/aromatic N) is 1. The minimum absolute atomic E-state index is 0.0694. The number of carbonyl (C=O) groups excluding carboxylic acids is 2. The summed E-state index contributed by atoms with van der Waals surface area (Å²) in [5.74, 6) is -0.286. The van der Waals surface area contributed by atoms with Gasteiger partial charge in [-0.05, 0) is 32.3 Å². The molecule has 0 amide bonds. The minimum Gasteiger partial charge on any atom is -0.461 e. The van der Waals surface area contributed by atoms with Crippen LogP contribution in [0.5, 0.6) is 0 Å². The number of fused-ring (bicyclic) bond motifs is 1. The normalized spacial score (nSPS) is 18.7. The summed E-state index contributed by atoms with van der Waals surface area (Å²) in [6.45, 7) is 3.92. The number of esters is 1. The van der Waals surface area contributed by atoms with Crippen LogP contribution in [0.3, 0.4) is 0 Å². The van der Waals surface area contributed by atoms with E-state index in [1.807, 2.05) is 14.0 Å². The monoisotopic (exact) mass is 313 g/mol. The fourth-order valence-electron chi connectivity index (χ4n) is 2.55. The van der Waals surface area contributed by atoms with Crippen molar-refractivity contribution < 1.29 is 14.3 Å². The molecule has 2 rings (SSSR count). The van der Waals surface area contributed by atoms with Gasteiger partial charge in [-0.25, -0.2) is 4.79 Å². The first-order chi connectivity index (χ1) is 8.49. The second kappa shape index (κ2) is 4.88. The van der Waals surface area contributed by atoms with Crippen molar-refractivity contribution in [2.24, 2.45) is 7.05 Å². The van der Waals surface area contributed by atoms with Gasteiger partial charge in [0.1, 0.15) is 5.69 Å². The fraction of sp³-hybridized carbons (Fsp3) is 0.538. The quantitative estimate of drug-likeness (QED) is 0.622. The molecule has 1 aliphatic rings. The number of carbonyl (C=O) groups is 2. The number of ether oxygens (including phenoxy) is 1. The Balaban J connectivity index is 2.56. The van der Waals surface area contributed by atoms with E-state index in [9.17, 15) is 9.59 Å². The highest BCUT2D eigenvalue weighted by atomic mass is 79.9. The first kappa shape index (κ1) is 13.3. The third-order valence-electron chi connectivity index (χ3n) is 3.39. The molecule has 0 fully saturated rings. The Bertz CT molecular complexity index is 519. The average Bonchev–Trinajstić information content (AvgIpc) is 2.57. The molecule has 0 saturated carbocycles. The smallest absolute Gasteiger partial charge is 0.355 e. The number of halogens is 1. The Kier molecular flexibility index (Phi) is 3.61. The van der Waals surface area contributed by atoms with Crippen LogP contribution in [-0.2, 0) is 18.2 Å². The van der Waals surface area contributed by atoms with Gasteiger partial charge in [-0.3, -0.25) is 4.79 Å². The van der Waals surface area contributed by atoms with E-state index in [2.05, 4.69) is 15.9 Å². The molecule has 4 nitrogen and oxygen atoms in total. The van der Waals surface area contributed by atoms with E-state index in [0.717, 1.165) is 24.1 Å². The molecule has 1 aliphatic carbocycles. The number of hydrogen-bond acceptors (Lipinski definition) is 3. The molecule has 0 spiro atoms. The first-order valence-corrected chi connectivity index (χ1v) is 6.94. The highest BCUT2D eigenvalue weighted by molar-refractivity contribution is 9.10. The van der Waals surface area contributed by atoms with E-state index >= 15 is 0 Å². The highest BCUT2D eigenvalue weighted by Gasteiger charge is 2.33. The molecule has 0 N–H and O–H groups in total. The lowest BCUT2D eigenvalue weighted by atomic mass is 9.93. The summed E-state index contributed by atoms with van der Waals surface area (Å²) in [6, 6.07) is 0. The second-order valence-corrected chi connectivity index (χ2v) is 5.55. The van der Waals surface area contributed by atoms with Gasteiger partial charge in [0.05, 0.1) is 11.4 Å². The van der Waals surface area contributed by atoms with Gasteiger partial charge in [-0.2, -0.15) is 0 Å². The molecule has 1 aromatic heterocycles. The Labute approximate surface area is 114 Å². The van der Waals surface area contributed by atoms with Gasteiger partial charge in [-0.1, -0.05) is 15.9 Å². The number of Topliss-reactive ketones (excluding diaryl/α,β-unsaturated/α-hetero) is 1. The van der Waals surface area contributed by atoms with Crippen LogP contribution in [0.25, 0.3) is 0 Å². The zero-order valence-electron chi connectivity index (χ0n) is 10.7. The predicted octanol–water partition coefficient (Wildman–Crippen LogP) is 2.40. The molecular weight excluding hydrogens is 298 g/mol. The van der Waals surface area contributed by atoms with Crippen molar-refractivity contribution in [1.82, 2.24) is 4.57 Å². The standard InChI is InChI=1S/C13H16BrNO3/c1-4-18-13(17)11-7(2)10-9(15(11)3)6-5-8(14)12(10)16/h8H,4-6H2,1-3H3. The van der Waals surface area contributed by atoms with Crippen molar-refractivity contribution in [3.05, 3.63) is 22.5 Å². The summed E-state index contributed by atoms with van der Waals surface area (Å²) < 4.78 is 6.85. The molecule has 0 aliphatic heterocycles. The van der Waals surface area contributed by atoms with Crippen LogP contribution in [0, 0.1) is 6.92 Å². The van der Waals surface area contributed by atoms with Crippen LogP contribution in [0.2, 0.25) is 0 Å². The van der Waals surface area contributed by atoms with Gasteiger partial charge in [0.25, 0.3) is 0 Å². The minimum atomic E-state index is -0.356. The van der Waals surface area contributed by atoms with E-state index in [0.29, 0.717) is 17.9 Å². The van der Waals surface area contributed by atoms with Gasteiger partial charge in [-0.15, -0.1) is 0 Å². The molecule has 0 radical (unpaired) electrons. The first-order valence-electron chi connectivity index (χ1n) is 6.02. The molecular formula is C13H16BrNO3. The summed E-state index contributed by atoms with van der Waals surface area (Å²) >= 11 is 3.38. The lowest BCUT2D eigenvalue weighted by molar-refractivity contribution is 0.0514. The van der Waals surface area contributed by atoms with E-state index in [1.54, 1.807) is 11.5 Å². The molecule has 1 atom stereocenters. The van der Waals surface area contributed by atoms with Crippen molar-refractivity contribution in [1.29, 1.82) is 0 Å². The number of aromatic nitrogens is 1. The molecule has 5 heteroatoms. The zero-order valence-corrected chi connectivity index (χ0v) is 12.3. The van der Waals surface area contributed by atoms with E-state index in [1.165, 1.54) is 0 Å².